The molecule has 3 N–H and O–H groups in total. The van der Waals surface area contributed by atoms with E-state index in [-0.39, 0.29) is 10.7 Å². The number of fused-ring (bicyclic) bond motifs is 2. The maximum atomic E-state index is 13.2. The predicted molar refractivity (Wildman–Crippen MR) is 136 cm³/mol. The van der Waals surface area contributed by atoms with Gasteiger partial charge in [0.1, 0.15) is 9.71 Å². The fraction of sp³-hybridized carbons (Fsp3) is 0.192. The Balaban J connectivity index is 1.44. The van der Waals surface area contributed by atoms with Gasteiger partial charge < -0.3 is 5.73 Å². The van der Waals surface area contributed by atoms with E-state index in [0.29, 0.717) is 22.0 Å². The summed E-state index contributed by atoms with van der Waals surface area (Å²) in [5.74, 6) is -0.557. The SMILES string of the molecule is CC(=O)NS(=O)(=O)c1ccc(C(=O)c2sc3nc4c(cc3c2N)CC(c2ccccc2)CC4)cc1. The third-order valence-electron chi connectivity index (χ3n) is 6.27. The minimum absolute atomic E-state index is 0.101. The van der Waals surface area contributed by atoms with Crippen LogP contribution in [0.25, 0.3) is 10.2 Å². The summed E-state index contributed by atoms with van der Waals surface area (Å²) in [5, 5.41) is 0.774. The smallest absolute Gasteiger partial charge is 0.264 e. The number of hydrogen-bond donors (Lipinski definition) is 2. The largest absolute Gasteiger partial charge is 0.397 e. The van der Waals surface area contributed by atoms with Crippen molar-refractivity contribution in [2.45, 2.75) is 37.0 Å². The first-order valence-electron chi connectivity index (χ1n) is 11.2. The highest BCUT2D eigenvalue weighted by Crippen LogP contribution is 2.39. The molecule has 1 unspecified atom stereocenters. The van der Waals surface area contributed by atoms with Crippen LogP contribution < -0.4 is 10.5 Å². The van der Waals surface area contributed by atoms with Crippen LogP contribution in [0.1, 0.15) is 51.3 Å². The molecule has 1 atom stereocenters. The van der Waals surface area contributed by atoms with Crippen LogP contribution in [0.3, 0.4) is 0 Å². The van der Waals surface area contributed by atoms with Crippen molar-refractivity contribution in [3.05, 3.63) is 87.9 Å². The minimum Gasteiger partial charge on any atom is -0.397 e. The van der Waals surface area contributed by atoms with Crippen LogP contribution in [-0.2, 0) is 27.7 Å². The van der Waals surface area contributed by atoms with Crippen molar-refractivity contribution in [3.63, 3.8) is 0 Å². The van der Waals surface area contributed by atoms with Crippen LogP contribution in [0.15, 0.2) is 65.6 Å². The molecule has 2 heterocycles. The number of thiophene rings is 1. The number of rotatable bonds is 5. The number of aryl methyl sites for hydroxylation is 1. The number of nitrogens with two attached hydrogens (primary N) is 1. The Kier molecular flexibility index (Phi) is 5.90. The van der Waals surface area contributed by atoms with E-state index in [1.54, 1.807) is 0 Å². The van der Waals surface area contributed by atoms with Crippen LogP contribution in [0, 0.1) is 0 Å². The lowest BCUT2D eigenvalue weighted by molar-refractivity contribution is -0.117. The Bertz CT molecular complexity index is 1560. The second kappa shape index (κ2) is 8.90. The average Bonchev–Trinajstić information content (AvgIpc) is 3.17. The van der Waals surface area contributed by atoms with Crippen molar-refractivity contribution in [2.75, 3.05) is 5.73 Å². The lowest BCUT2D eigenvalue weighted by atomic mass is 9.82. The monoisotopic (exact) mass is 505 g/mol. The number of nitrogens with one attached hydrogen (secondary N) is 1. The molecule has 0 bridgehead atoms. The number of anilines is 1. The summed E-state index contributed by atoms with van der Waals surface area (Å²) in [4.78, 5) is 30.2. The molecule has 9 heteroatoms. The topological polar surface area (TPSA) is 119 Å². The first kappa shape index (κ1) is 23.2. The van der Waals surface area contributed by atoms with Gasteiger partial charge >= 0.3 is 0 Å². The Labute approximate surface area is 207 Å². The second-order valence-corrected chi connectivity index (χ2v) is 11.3. The number of sulfonamides is 1. The number of benzene rings is 2. The molecule has 0 spiro atoms. The molecule has 1 aliphatic rings. The van der Waals surface area contributed by atoms with Crippen molar-refractivity contribution in [1.82, 2.24) is 9.71 Å². The van der Waals surface area contributed by atoms with Gasteiger partial charge in [0.25, 0.3) is 10.0 Å². The normalized spacial score (nSPS) is 15.5. The Hall–Kier alpha value is -3.56. The summed E-state index contributed by atoms with van der Waals surface area (Å²) >= 11 is 1.25. The lowest BCUT2D eigenvalue weighted by Gasteiger charge is -2.24. The maximum Gasteiger partial charge on any atom is 0.264 e. The molecule has 0 saturated carbocycles. The number of ketones is 1. The third-order valence-corrected chi connectivity index (χ3v) is 8.83. The summed E-state index contributed by atoms with van der Waals surface area (Å²) in [6.07, 6.45) is 2.77. The molecule has 4 aromatic rings. The molecular formula is C26H23N3O4S2. The molecule has 0 saturated heterocycles. The van der Waals surface area contributed by atoms with Crippen LogP contribution >= 0.6 is 11.3 Å². The maximum absolute atomic E-state index is 13.2. The molecule has 2 aromatic carbocycles. The van der Waals surface area contributed by atoms with E-state index in [2.05, 4.69) is 30.3 Å². The number of carbonyl (C=O) groups excluding carboxylic acids is 2. The molecule has 0 aliphatic heterocycles. The molecule has 0 fully saturated rings. The summed E-state index contributed by atoms with van der Waals surface area (Å²) < 4.78 is 26.2. The van der Waals surface area contributed by atoms with Crippen LogP contribution in [-0.4, -0.2) is 25.1 Å². The molecule has 7 nitrogen and oxygen atoms in total. The summed E-state index contributed by atoms with van der Waals surface area (Å²) in [6.45, 7) is 1.12. The van der Waals surface area contributed by atoms with Gasteiger partial charge in [-0.1, -0.05) is 30.3 Å². The van der Waals surface area contributed by atoms with E-state index >= 15 is 0 Å². The van der Waals surface area contributed by atoms with Crippen molar-refractivity contribution in [2.24, 2.45) is 0 Å². The molecule has 178 valence electrons. The van der Waals surface area contributed by atoms with Crippen molar-refractivity contribution >= 4 is 49.0 Å². The molecule has 5 rings (SSSR count). The summed E-state index contributed by atoms with van der Waals surface area (Å²) in [6, 6.07) is 17.9. The molecule has 35 heavy (non-hydrogen) atoms. The number of carbonyl (C=O) groups is 2. The van der Waals surface area contributed by atoms with Gasteiger partial charge in [-0.2, -0.15) is 0 Å². The van der Waals surface area contributed by atoms with E-state index in [9.17, 15) is 18.0 Å². The van der Waals surface area contributed by atoms with E-state index in [1.165, 1.54) is 41.2 Å². The molecule has 0 radical (unpaired) electrons. The van der Waals surface area contributed by atoms with Gasteiger partial charge in [0.2, 0.25) is 11.7 Å². The summed E-state index contributed by atoms with van der Waals surface area (Å²) in [5.41, 5.74) is 10.6. The fourth-order valence-electron chi connectivity index (χ4n) is 4.53. The first-order valence-corrected chi connectivity index (χ1v) is 13.5. The number of aromatic nitrogens is 1. The number of nitrogens with zero attached hydrogens (tertiary/aromatic N) is 1. The van der Waals surface area contributed by atoms with Gasteiger partial charge in [0.15, 0.2) is 0 Å². The molecule has 1 amide bonds. The van der Waals surface area contributed by atoms with E-state index < -0.39 is 15.9 Å². The molecular weight excluding hydrogens is 482 g/mol. The van der Waals surface area contributed by atoms with Crippen LogP contribution in [0.2, 0.25) is 0 Å². The van der Waals surface area contributed by atoms with Crippen molar-refractivity contribution < 1.29 is 18.0 Å². The summed E-state index contributed by atoms with van der Waals surface area (Å²) in [7, 11) is -3.97. The Morgan fingerprint density at radius 1 is 1.09 bits per heavy atom. The van der Waals surface area contributed by atoms with Crippen LogP contribution in [0.5, 0.6) is 0 Å². The van der Waals surface area contributed by atoms with E-state index in [1.807, 2.05) is 10.8 Å². The van der Waals surface area contributed by atoms with E-state index in [4.69, 9.17) is 10.7 Å². The van der Waals surface area contributed by atoms with Gasteiger partial charge in [-0.3, -0.25) is 9.59 Å². The van der Waals surface area contributed by atoms with Gasteiger partial charge in [0, 0.05) is 23.6 Å². The van der Waals surface area contributed by atoms with E-state index in [0.717, 1.165) is 47.7 Å². The minimum atomic E-state index is -3.97. The van der Waals surface area contributed by atoms with Crippen LogP contribution in [0.4, 0.5) is 5.69 Å². The zero-order chi connectivity index (χ0) is 24.7. The van der Waals surface area contributed by atoms with Gasteiger partial charge in [-0.05, 0) is 66.6 Å². The van der Waals surface area contributed by atoms with Gasteiger partial charge in [-0.25, -0.2) is 18.1 Å². The lowest BCUT2D eigenvalue weighted by Crippen LogP contribution is -2.28. The number of amides is 1. The van der Waals surface area contributed by atoms with Gasteiger partial charge in [0.05, 0.1) is 10.6 Å². The molecule has 2 aromatic heterocycles. The number of hydrogen-bond acceptors (Lipinski definition) is 7. The zero-order valence-electron chi connectivity index (χ0n) is 18.9. The van der Waals surface area contributed by atoms with Crippen molar-refractivity contribution in [1.29, 1.82) is 0 Å². The van der Waals surface area contributed by atoms with Gasteiger partial charge in [-0.15, -0.1) is 11.3 Å². The zero-order valence-corrected chi connectivity index (χ0v) is 20.6. The number of pyridine rings is 1. The average molecular weight is 506 g/mol. The Morgan fingerprint density at radius 3 is 2.49 bits per heavy atom. The first-order chi connectivity index (χ1) is 16.7. The fourth-order valence-corrected chi connectivity index (χ4v) is 6.58. The Morgan fingerprint density at radius 2 is 1.80 bits per heavy atom. The standard InChI is InChI=1S/C26H23N3O4S2/c1-15(30)29-35(32,33)20-10-7-17(8-11-20)24(31)25-23(27)21-14-19-13-18(16-5-3-2-4-6-16)9-12-22(19)28-26(21)34-25/h2-8,10-11,14,18H,9,12-13,27H2,1H3,(H,29,30). The number of nitrogen functional groups attached to an aromatic ring is 1. The van der Waals surface area contributed by atoms with Crippen molar-refractivity contribution in [3.8, 4) is 0 Å². The molecule has 1 aliphatic carbocycles. The highest BCUT2D eigenvalue weighted by molar-refractivity contribution is 7.90. The third kappa shape index (κ3) is 4.44. The highest BCUT2D eigenvalue weighted by Gasteiger charge is 2.25. The highest BCUT2D eigenvalue weighted by atomic mass is 32.2. The quantitative estimate of drug-likeness (QED) is 0.392. The second-order valence-electron chi connectivity index (χ2n) is 8.66. The predicted octanol–water partition coefficient (Wildman–Crippen LogP) is 4.21.